The molecule has 5 nitrogen and oxygen atoms in total. The van der Waals surface area contributed by atoms with Crippen molar-refractivity contribution in [2.75, 3.05) is 0 Å². The minimum absolute atomic E-state index is 0.121. The molecule has 0 amide bonds. The summed E-state index contributed by atoms with van der Waals surface area (Å²) in [5, 5.41) is 14.3. The third kappa shape index (κ3) is 2.14. The average molecular weight is 181 g/mol. The van der Waals surface area contributed by atoms with Crippen molar-refractivity contribution in [2.24, 2.45) is 0 Å². The van der Waals surface area contributed by atoms with Crippen molar-refractivity contribution in [3.8, 4) is 0 Å². The minimum atomic E-state index is -0.410. The molecule has 0 aliphatic rings. The Balaban J connectivity index is 2.96. The molecule has 0 radical (unpaired) electrons. The van der Waals surface area contributed by atoms with Crippen LogP contribution in [0, 0.1) is 10.1 Å². The van der Waals surface area contributed by atoms with Crippen LogP contribution in [0.5, 0.6) is 0 Å². The molecule has 0 N–H and O–H groups in total. The van der Waals surface area contributed by atoms with Crippen LogP contribution in [0.1, 0.15) is 19.5 Å². The third-order valence-electron chi connectivity index (χ3n) is 1.69. The molecule has 0 spiro atoms. The van der Waals surface area contributed by atoms with Gasteiger partial charge in [0.2, 0.25) is 5.70 Å². The summed E-state index contributed by atoms with van der Waals surface area (Å²) in [4.78, 5) is 9.92. The Morgan fingerprint density at radius 2 is 2.54 bits per heavy atom. The van der Waals surface area contributed by atoms with Crippen molar-refractivity contribution >= 4 is 6.08 Å². The average Bonchev–Trinajstić information content (AvgIpc) is 2.51. The van der Waals surface area contributed by atoms with Crippen molar-refractivity contribution < 1.29 is 4.92 Å². The molecule has 0 aliphatic heterocycles. The van der Waals surface area contributed by atoms with Crippen LogP contribution in [-0.4, -0.2) is 14.7 Å². The van der Waals surface area contributed by atoms with E-state index in [4.69, 9.17) is 0 Å². The zero-order valence-electron chi connectivity index (χ0n) is 7.60. The Morgan fingerprint density at radius 3 is 3.08 bits per heavy atom. The maximum Gasteiger partial charge on any atom is 0.245 e. The van der Waals surface area contributed by atoms with Gasteiger partial charge in [0.25, 0.3) is 0 Å². The fraction of sp³-hybridized carbons (Fsp3) is 0.375. The molecule has 1 rings (SSSR count). The molecule has 5 heteroatoms. The number of hydrogen-bond acceptors (Lipinski definition) is 3. The van der Waals surface area contributed by atoms with Gasteiger partial charge in [0, 0.05) is 25.7 Å². The molecule has 0 aromatic carbocycles. The van der Waals surface area contributed by atoms with Crippen LogP contribution >= 0.6 is 0 Å². The largest absolute Gasteiger partial charge is 0.266 e. The number of nitro groups is 1. The quantitative estimate of drug-likeness (QED) is 0.525. The molecule has 0 saturated carbocycles. The number of aryl methyl sites for hydroxylation is 1. The van der Waals surface area contributed by atoms with Crippen molar-refractivity contribution in [1.29, 1.82) is 0 Å². The van der Waals surface area contributed by atoms with Gasteiger partial charge in [-0.1, -0.05) is 0 Å². The first kappa shape index (κ1) is 9.44. The van der Waals surface area contributed by atoms with Gasteiger partial charge in [-0.25, -0.2) is 0 Å². The van der Waals surface area contributed by atoms with Crippen LogP contribution < -0.4 is 0 Å². The molecule has 0 fully saturated rings. The smallest absolute Gasteiger partial charge is 0.245 e. The maximum absolute atomic E-state index is 10.3. The van der Waals surface area contributed by atoms with E-state index in [0.717, 1.165) is 5.69 Å². The van der Waals surface area contributed by atoms with Gasteiger partial charge in [0.05, 0.1) is 10.6 Å². The predicted molar refractivity (Wildman–Crippen MR) is 48.5 cm³/mol. The first-order chi connectivity index (χ1) is 6.15. The molecule has 0 saturated heterocycles. The molecule has 0 bridgehead atoms. The summed E-state index contributed by atoms with van der Waals surface area (Å²) < 4.78 is 1.70. The lowest BCUT2D eigenvalue weighted by molar-refractivity contribution is -0.422. The van der Waals surface area contributed by atoms with Crippen LogP contribution in [-0.2, 0) is 6.54 Å². The summed E-state index contributed by atoms with van der Waals surface area (Å²) in [6.07, 6.45) is 3.14. The minimum Gasteiger partial charge on any atom is -0.266 e. The molecule has 0 unspecified atom stereocenters. The first-order valence-corrected chi connectivity index (χ1v) is 3.99. The van der Waals surface area contributed by atoms with E-state index in [-0.39, 0.29) is 5.70 Å². The number of nitrogens with zero attached hydrogens (tertiary/aromatic N) is 3. The van der Waals surface area contributed by atoms with E-state index in [1.165, 1.54) is 13.0 Å². The lowest BCUT2D eigenvalue weighted by atomic mass is 10.3. The van der Waals surface area contributed by atoms with Crippen LogP contribution in [0.15, 0.2) is 18.0 Å². The molecule has 13 heavy (non-hydrogen) atoms. The van der Waals surface area contributed by atoms with Crippen molar-refractivity contribution in [3.63, 3.8) is 0 Å². The first-order valence-electron chi connectivity index (χ1n) is 3.99. The van der Waals surface area contributed by atoms with E-state index in [1.54, 1.807) is 16.9 Å². The van der Waals surface area contributed by atoms with Crippen molar-refractivity contribution in [2.45, 2.75) is 20.4 Å². The van der Waals surface area contributed by atoms with Crippen LogP contribution in [0.25, 0.3) is 6.08 Å². The lowest BCUT2D eigenvalue weighted by Gasteiger charge is -1.97. The Kier molecular flexibility index (Phi) is 2.79. The highest BCUT2D eigenvalue weighted by molar-refractivity contribution is 5.45. The molecule has 0 aliphatic carbocycles. The van der Waals surface area contributed by atoms with Crippen LogP contribution in [0.3, 0.4) is 0 Å². The molecule has 70 valence electrons. The van der Waals surface area contributed by atoms with Gasteiger partial charge >= 0.3 is 0 Å². The molecule has 0 atom stereocenters. The molecule has 1 heterocycles. The number of allylic oxidation sites excluding steroid dienone is 1. The highest BCUT2D eigenvalue weighted by Gasteiger charge is 2.04. The highest BCUT2D eigenvalue weighted by atomic mass is 16.6. The zero-order chi connectivity index (χ0) is 9.84. The summed E-state index contributed by atoms with van der Waals surface area (Å²) in [5.74, 6) is 0. The molecule has 1 aromatic rings. The summed E-state index contributed by atoms with van der Waals surface area (Å²) in [5.41, 5.74) is 0.881. The van der Waals surface area contributed by atoms with Gasteiger partial charge in [-0.15, -0.1) is 0 Å². The number of aromatic nitrogens is 2. The Morgan fingerprint density at radius 1 is 1.85 bits per heavy atom. The highest BCUT2D eigenvalue weighted by Crippen LogP contribution is 2.06. The van der Waals surface area contributed by atoms with E-state index < -0.39 is 4.92 Å². The van der Waals surface area contributed by atoms with Crippen LogP contribution in [0.4, 0.5) is 0 Å². The topological polar surface area (TPSA) is 61.0 Å². The van der Waals surface area contributed by atoms with E-state index >= 15 is 0 Å². The van der Waals surface area contributed by atoms with Crippen LogP contribution in [0.2, 0.25) is 0 Å². The Bertz CT molecular complexity index is 341. The summed E-state index contributed by atoms with van der Waals surface area (Å²) in [7, 11) is 0. The summed E-state index contributed by atoms with van der Waals surface area (Å²) in [6.45, 7) is 4.11. The number of hydrogen-bond donors (Lipinski definition) is 0. The van der Waals surface area contributed by atoms with E-state index in [2.05, 4.69) is 5.10 Å². The fourth-order valence-electron chi connectivity index (χ4n) is 0.996. The number of rotatable bonds is 3. The lowest BCUT2D eigenvalue weighted by Crippen LogP contribution is -2.00. The molecular formula is C8H11N3O2. The van der Waals surface area contributed by atoms with Gasteiger partial charge in [-0.3, -0.25) is 14.8 Å². The van der Waals surface area contributed by atoms with Gasteiger partial charge in [-0.05, 0) is 13.0 Å². The Hall–Kier alpha value is -1.65. The van der Waals surface area contributed by atoms with Gasteiger partial charge in [0.1, 0.15) is 0 Å². The standard InChI is InChI=1S/C8H11N3O2/c1-3-10-8(4-5-9-10)6-7(2)11(12)13/h4-6H,3H2,1-2H3/b7-6-. The maximum atomic E-state index is 10.3. The molecule has 1 aromatic heterocycles. The third-order valence-corrected chi connectivity index (χ3v) is 1.69. The zero-order valence-corrected chi connectivity index (χ0v) is 7.60. The van der Waals surface area contributed by atoms with E-state index in [9.17, 15) is 10.1 Å². The second-order valence-electron chi connectivity index (χ2n) is 2.61. The predicted octanol–water partition coefficient (Wildman–Crippen LogP) is 1.54. The van der Waals surface area contributed by atoms with Gasteiger partial charge < -0.3 is 0 Å². The summed E-state index contributed by atoms with van der Waals surface area (Å²) >= 11 is 0. The fourth-order valence-corrected chi connectivity index (χ4v) is 0.996. The van der Waals surface area contributed by atoms with Gasteiger partial charge in [0.15, 0.2) is 0 Å². The van der Waals surface area contributed by atoms with Crippen molar-refractivity contribution in [1.82, 2.24) is 9.78 Å². The molecular weight excluding hydrogens is 170 g/mol. The van der Waals surface area contributed by atoms with E-state index in [1.807, 2.05) is 6.92 Å². The monoisotopic (exact) mass is 181 g/mol. The second kappa shape index (κ2) is 3.84. The summed E-state index contributed by atoms with van der Waals surface area (Å²) in [6, 6.07) is 1.75. The van der Waals surface area contributed by atoms with E-state index in [0.29, 0.717) is 6.54 Å². The van der Waals surface area contributed by atoms with Gasteiger partial charge in [-0.2, -0.15) is 5.10 Å². The van der Waals surface area contributed by atoms with Crippen molar-refractivity contribution in [3.05, 3.63) is 33.8 Å². The normalized spacial score (nSPS) is 11.7. The SMILES string of the molecule is CCn1nccc1/C=C(/C)[N+](=O)[O-]. The Labute approximate surface area is 75.8 Å². The second-order valence-corrected chi connectivity index (χ2v) is 2.61.